The molecule has 0 bridgehead atoms. The Morgan fingerprint density at radius 1 is 0.909 bits per heavy atom. The number of ether oxygens (including phenoxy) is 2. The van der Waals surface area contributed by atoms with Crippen molar-refractivity contribution in [3.63, 3.8) is 0 Å². The highest BCUT2D eigenvalue weighted by Gasteiger charge is 2.32. The van der Waals surface area contributed by atoms with Gasteiger partial charge in [0.2, 0.25) is 0 Å². The summed E-state index contributed by atoms with van der Waals surface area (Å²) in [7, 11) is 0. The first-order valence-corrected chi connectivity index (χ1v) is 8.90. The summed E-state index contributed by atoms with van der Waals surface area (Å²) in [5.74, 6) is 1.08. The van der Waals surface area contributed by atoms with Crippen LogP contribution < -0.4 is 0 Å². The van der Waals surface area contributed by atoms with Gasteiger partial charge < -0.3 is 9.47 Å². The third-order valence-corrected chi connectivity index (χ3v) is 4.14. The maximum absolute atomic E-state index is 6.21. The van der Waals surface area contributed by atoms with Gasteiger partial charge in [0.05, 0.1) is 6.61 Å². The first-order valence-electron chi connectivity index (χ1n) is 8.90. The molecular weight excluding hydrogens is 272 g/mol. The summed E-state index contributed by atoms with van der Waals surface area (Å²) >= 11 is 0. The van der Waals surface area contributed by atoms with Gasteiger partial charge in [-0.1, -0.05) is 64.3 Å². The average Bonchev–Trinajstić information content (AvgIpc) is 2.83. The van der Waals surface area contributed by atoms with Crippen LogP contribution in [0.1, 0.15) is 76.5 Å². The Bertz CT molecular complexity index is 490. The van der Waals surface area contributed by atoms with Gasteiger partial charge in [-0.3, -0.25) is 0 Å². The monoisotopic (exact) mass is 302 g/mol. The molecule has 1 unspecified atom stereocenters. The molecule has 0 aliphatic heterocycles. The Labute approximate surface area is 135 Å². The number of unbranched alkanes of at least 4 members (excludes halogenated alkanes) is 2. The summed E-state index contributed by atoms with van der Waals surface area (Å²) in [6, 6.07) is 8.63. The highest BCUT2D eigenvalue weighted by Crippen LogP contribution is 2.45. The molecule has 2 nitrogen and oxygen atoms in total. The smallest absolute Gasteiger partial charge is 0.140 e. The third-order valence-electron chi connectivity index (χ3n) is 4.14. The van der Waals surface area contributed by atoms with Crippen LogP contribution in [0.15, 0.2) is 30.0 Å². The Hall–Kier alpha value is -1.28. The van der Waals surface area contributed by atoms with Gasteiger partial charge in [-0.05, 0) is 30.4 Å². The maximum atomic E-state index is 6.21. The minimum atomic E-state index is 0.00107. The molecule has 0 amide bonds. The van der Waals surface area contributed by atoms with Crippen LogP contribution in [0.25, 0.3) is 5.57 Å². The lowest BCUT2D eigenvalue weighted by Crippen LogP contribution is -2.09. The first-order chi connectivity index (χ1) is 10.8. The van der Waals surface area contributed by atoms with Crippen molar-refractivity contribution in [3.05, 3.63) is 41.2 Å². The minimum absolute atomic E-state index is 0.00107. The lowest BCUT2D eigenvalue weighted by molar-refractivity contribution is 0.0300. The van der Waals surface area contributed by atoms with Crippen molar-refractivity contribution in [2.45, 2.75) is 65.4 Å². The van der Waals surface area contributed by atoms with Crippen LogP contribution in [0.3, 0.4) is 0 Å². The van der Waals surface area contributed by atoms with Gasteiger partial charge in [0.1, 0.15) is 11.9 Å². The highest BCUT2D eigenvalue weighted by molar-refractivity contribution is 5.76. The molecule has 0 N–H and O–H groups in total. The quantitative estimate of drug-likeness (QED) is 0.502. The largest absolute Gasteiger partial charge is 0.494 e. The lowest BCUT2D eigenvalue weighted by Gasteiger charge is -2.19. The van der Waals surface area contributed by atoms with E-state index in [0.29, 0.717) is 0 Å². The zero-order valence-corrected chi connectivity index (χ0v) is 14.4. The number of allylic oxidation sites excluding steroid dienone is 1. The highest BCUT2D eigenvalue weighted by atomic mass is 16.5. The molecule has 1 aliphatic rings. The van der Waals surface area contributed by atoms with Crippen LogP contribution in [-0.2, 0) is 9.47 Å². The number of benzene rings is 1. The molecule has 0 spiro atoms. The number of fused-ring (bicyclic) bond motifs is 1. The van der Waals surface area contributed by atoms with E-state index in [4.69, 9.17) is 9.47 Å². The van der Waals surface area contributed by atoms with Crippen molar-refractivity contribution in [1.82, 2.24) is 0 Å². The number of hydrogen-bond acceptors (Lipinski definition) is 2. The predicted molar refractivity (Wildman–Crippen MR) is 92.7 cm³/mol. The number of rotatable bonds is 10. The van der Waals surface area contributed by atoms with Crippen LogP contribution in [0.2, 0.25) is 0 Å². The van der Waals surface area contributed by atoms with Gasteiger partial charge in [-0.15, -0.1) is 0 Å². The van der Waals surface area contributed by atoms with Gasteiger partial charge in [-0.2, -0.15) is 0 Å². The summed E-state index contributed by atoms with van der Waals surface area (Å²) in [6.45, 7) is 8.22. The van der Waals surface area contributed by atoms with Crippen LogP contribution in [-0.4, -0.2) is 13.2 Å². The molecule has 1 aliphatic carbocycles. The van der Waals surface area contributed by atoms with E-state index in [1.807, 2.05) is 0 Å². The predicted octanol–water partition coefficient (Wildman–Crippen LogP) is 5.89. The molecular formula is C20H30O2. The zero-order valence-electron chi connectivity index (χ0n) is 14.4. The molecule has 0 aromatic heterocycles. The molecule has 22 heavy (non-hydrogen) atoms. The Morgan fingerprint density at radius 2 is 1.64 bits per heavy atom. The molecule has 122 valence electrons. The van der Waals surface area contributed by atoms with Gasteiger partial charge >= 0.3 is 0 Å². The second kappa shape index (κ2) is 8.99. The van der Waals surface area contributed by atoms with E-state index in [2.05, 4.69) is 45.0 Å². The van der Waals surface area contributed by atoms with Gasteiger partial charge in [-0.25, -0.2) is 0 Å². The Balaban J connectivity index is 2.25. The van der Waals surface area contributed by atoms with E-state index in [9.17, 15) is 0 Å². The number of hydrogen-bond donors (Lipinski definition) is 0. The minimum Gasteiger partial charge on any atom is -0.494 e. The van der Waals surface area contributed by atoms with Crippen molar-refractivity contribution in [2.24, 2.45) is 0 Å². The van der Waals surface area contributed by atoms with Crippen molar-refractivity contribution in [3.8, 4) is 0 Å². The SMILES string of the molecule is CCCCOC1=C(CCC)c2ccccc2C1OCCCC. The molecule has 0 saturated carbocycles. The molecule has 0 radical (unpaired) electrons. The van der Waals surface area contributed by atoms with Gasteiger partial charge in [0, 0.05) is 12.2 Å². The van der Waals surface area contributed by atoms with Crippen LogP contribution in [0.5, 0.6) is 0 Å². The van der Waals surface area contributed by atoms with E-state index in [1.165, 1.54) is 16.7 Å². The zero-order chi connectivity index (χ0) is 15.8. The summed E-state index contributed by atoms with van der Waals surface area (Å²) in [5, 5.41) is 0. The maximum Gasteiger partial charge on any atom is 0.140 e. The molecule has 2 heteroatoms. The standard InChI is InChI=1S/C20H30O2/c1-4-7-14-21-19-17(11-6-3)16-12-9-10-13-18(16)20(19)22-15-8-5-2/h9-10,12-13,20H,4-8,11,14-15H2,1-3H3. The van der Waals surface area contributed by atoms with E-state index in [0.717, 1.165) is 57.5 Å². The third kappa shape index (κ3) is 3.92. The summed E-state index contributed by atoms with van der Waals surface area (Å²) in [6.07, 6.45) is 6.71. The van der Waals surface area contributed by atoms with Gasteiger partial charge in [0.25, 0.3) is 0 Å². The second-order valence-corrected chi connectivity index (χ2v) is 5.99. The summed E-state index contributed by atoms with van der Waals surface area (Å²) in [5.41, 5.74) is 3.97. The fourth-order valence-corrected chi connectivity index (χ4v) is 2.94. The topological polar surface area (TPSA) is 18.5 Å². The van der Waals surface area contributed by atoms with Crippen molar-refractivity contribution in [1.29, 1.82) is 0 Å². The molecule has 1 aromatic carbocycles. The van der Waals surface area contributed by atoms with Crippen LogP contribution in [0, 0.1) is 0 Å². The fraction of sp³-hybridized carbons (Fsp3) is 0.600. The normalized spacial score (nSPS) is 17.0. The van der Waals surface area contributed by atoms with E-state index in [1.54, 1.807) is 0 Å². The van der Waals surface area contributed by atoms with Gasteiger partial charge in [0.15, 0.2) is 0 Å². The molecule has 1 aromatic rings. The lowest BCUT2D eigenvalue weighted by atomic mass is 10.0. The summed E-state index contributed by atoms with van der Waals surface area (Å²) < 4.78 is 12.4. The Morgan fingerprint density at radius 3 is 2.36 bits per heavy atom. The molecule has 0 saturated heterocycles. The van der Waals surface area contributed by atoms with E-state index < -0.39 is 0 Å². The van der Waals surface area contributed by atoms with Crippen LogP contribution in [0.4, 0.5) is 0 Å². The molecule has 0 fully saturated rings. The molecule has 0 heterocycles. The van der Waals surface area contributed by atoms with E-state index >= 15 is 0 Å². The first kappa shape index (κ1) is 17.1. The Kier molecular flexibility index (Phi) is 6.98. The molecule has 2 rings (SSSR count). The van der Waals surface area contributed by atoms with E-state index in [-0.39, 0.29) is 6.10 Å². The molecule has 1 atom stereocenters. The van der Waals surface area contributed by atoms with Crippen LogP contribution >= 0.6 is 0 Å². The second-order valence-electron chi connectivity index (χ2n) is 5.99. The fourth-order valence-electron chi connectivity index (χ4n) is 2.94. The average molecular weight is 302 g/mol. The van der Waals surface area contributed by atoms with Crippen molar-refractivity contribution in [2.75, 3.05) is 13.2 Å². The van der Waals surface area contributed by atoms with Crippen molar-refractivity contribution < 1.29 is 9.47 Å². The van der Waals surface area contributed by atoms with Crippen molar-refractivity contribution >= 4 is 5.57 Å². The summed E-state index contributed by atoms with van der Waals surface area (Å²) in [4.78, 5) is 0.